The van der Waals surface area contributed by atoms with Crippen molar-refractivity contribution in [2.45, 2.75) is 59.5 Å². The third-order valence-electron chi connectivity index (χ3n) is 2.99. The second kappa shape index (κ2) is 9.29. The molecule has 0 radical (unpaired) electrons. The standard InChI is InChI=1S/C15H26BrN3O/c1-5-9-11-13(16)15(17-10-6-2)19-14(18-11)12(7-3)20-8-4/h12H,5-10H2,1-4H3,(H,17,18,19). The fourth-order valence-electron chi connectivity index (χ4n) is 2.00. The van der Waals surface area contributed by atoms with E-state index >= 15 is 0 Å². The molecule has 0 saturated heterocycles. The van der Waals surface area contributed by atoms with Crippen molar-refractivity contribution >= 4 is 21.7 Å². The molecule has 0 spiro atoms. The summed E-state index contributed by atoms with van der Waals surface area (Å²) < 4.78 is 6.73. The number of ether oxygens (including phenoxy) is 1. The summed E-state index contributed by atoms with van der Waals surface area (Å²) in [6, 6.07) is 0. The molecule has 1 aromatic heterocycles. The summed E-state index contributed by atoms with van der Waals surface area (Å²) >= 11 is 3.63. The monoisotopic (exact) mass is 343 g/mol. The predicted molar refractivity (Wildman–Crippen MR) is 87.2 cm³/mol. The van der Waals surface area contributed by atoms with Gasteiger partial charge in [-0.3, -0.25) is 0 Å². The zero-order valence-corrected chi connectivity index (χ0v) is 14.6. The van der Waals surface area contributed by atoms with Crippen molar-refractivity contribution in [3.8, 4) is 0 Å². The number of anilines is 1. The Morgan fingerprint density at radius 1 is 1.15 bits per heavy atom. The van der Waals surface area contributed by atoms with Crippen LogP contribution in [0.15, 0.2) is 4.47 Å². The molecule has 114 valence electrons. The highest BCUT2D eigenvalue weighted by Gasteiger charge is 2.18. The van der Waals surface area contributed by atoms with Crippen LogP contribution in [0.1, 0.15) is 64.6 Å². The number of aryl methyl sites for hydroxylation is 1. The molecule has 0 bridgehead atoms. The smallest absolute Gasteiger partial charge is 0.159 e. The van der Waals surface area contributed by atoms with E-state index in [0.717, 1.165) is 54.0 Å². The quantitative estimate of drug-likeness (QED) is 0.716. The zero-order chi connectivity index (χ0) is 15.0. The van der Waals surface area contributed by atoms with Crippen molar-refractivity contribution in [1.29, 1.82) is 0 Å². The van der Waals surface area contributed by atoms with Crippen molar-refractivity contribution in [3.63, 3.8) is 0 Å². The third-order valence-corrected chi connectivity index (χ3v) is 3.83. The average molecular weight is 344 g/mol. The van der Waals surface area contributed by atoms with Crippen LogP contribution in [-0.2, 0) is 11.2 Å². The molecule has 4 nitrogen and oxygen atoms in total. The maximum atomic E-state index is 5.74. The van der Waals surface area contributed by atoms with Gasteiger partial charge >= 0.3 is 0 Å². The number of hydrogen-bond donors (Lipinski definition) is 1. The SMILES string of the molecule is CCCNc1nc(C(CC)OCC)nc(CCC)c1Br. The minimum absolute atomic E-state index is 0.0223. The van der Waals surface area contributed by atoms with Crippen LogP contribution in [0.25, 0.3) is 0 Å². The number of nitrogens with zero attached hydrogens (tertiary/aromatic N) is 2. The molecular weight excluding hydrogens is 318 g/mol. The van der Waals surface area contributed by atoms with Gasteiger partial charge in [-0.15, -0.1) is 0 Å². The van der Waals surface area contributed by atoms with Crippen LogP contribution in [0, 0.1) is 0 Å². The Bertz CT molecular complexity index is 412. The molecule has 1 aromatic rings. The van der Waals surface area contributed by atoms with Gasteiger partial charge in [0.2, 0.25) is 0 Å². The van der Waals surface area contributed by atoms with Gasteiger partial charge in [-0.05, 0) is 42.1 Å². The molecule has 0 saturated carbocycles. The molecule has 0 amide bonds. The zero-order valence-electron chi connectivity index (χ0n) is 13.0. The fourth-order valence-corrected chi connectivity index (χ4v) is 2.51. The maximum absolute atomic E-state index is 5.74. The maximum Gasteiger partial charge on any atom is 0.159 e. The third kappa shape index (κ3) is 4.70. The van der Waals surface area contributed by atoms with E-state index in [1.807, 2.05) is 6.92 Å². The summed E-state index contributed by atoms with van der Waals surface area (Å²) in [5.41, 5.74) is 1.06. The van der Waals surface area contributed by atoms with Crippen LogP contribution < -0.4 is 5.32 Å². The second-order valence-corrected chi connectivity index (χ2v) is 5.51. The number of hydrogen-bond acceptors (Lipinski definition) is 4. The van der Waals surface area contributed by atoms with Crippen LogP contribution in [0.5, 0.6) is 0 Å². The van der Waals surface area contributed by atoms with Crippen LogP contribution in [0.2, 0.25) is 0 Å². The Labute approximate surface area is 130 Å². The number of nitrogens with one attached hydrogen (secondary N) is 1. The largest absolute Gasteiger partial charge is 0.371 e. The van der Waals surface area contributed by atoms with E-state index in [4.69, 9.17) is 9.72 Å². The Morgan fingerprint density at radius 3 is 2.45 bits per heavy atom. The highest BCUT2D eigenvalue weighted by molar-refractivity contribution is 9.10. The van der Waals surface area contributed by atoms with Crippen LogP contribution >= 0.6 is 15.9 Å². The highest BCUT2D eigenvalue weighted by atomic mass is 79.9. The van der Waals surface area contributed by atoms with E-state index in [-0.39, 0.29) is 6.10 Å². The van der Waals surface area contributed by atoms with Gasteiger partial charge in [-0.2, -0.15) is 0 Å². The lowest BCUT2D eigenvalue weighted by atomic mass is 10.2. The first kappa shape index (κ1) is 17.4. The predicted octanol–water partition coefficient (Wildman–Crippen LogP) is 4.50. The Morgan fingerprint density at radius 2 is 1.90 bits per heavy atom. The molecule has 1 atom stereocenters. The highest BCUT2D eigenvalue weighted by Crippen LogP contribution is 2.28. The van der Waals surface area contributed by atoms with Gasteiger partial charge in [0.15, 0.2) is 5.82 Å². The summed E-state index contributed by atoms with van der Waals surface area (Å²) in [6.07, 6.45) is 3.93. The second-order valence-electron chi connectivity index (χ2n) is 4.72. The molecule has 5 heteroatoms. The molecule has 1 unspecified atom stereocenters. The van der Waals surface area contributed by atoms with Gasteiger partial charge in [0.05, 0.1) is 10.2 Å². The molecule has 1 heterocycles. The molecule has 0 aliphatic heterocycles. The van der Waals surface area contributed by atoms with Gasteiger partial charge in [0.1, 0.15) is 11.9 Å². The average Bonchev–Trinajstić information content (AvgIpc) is 2.46. The normalized spacial score (nSPS) is 12.4. The number of aromatic nitrogens is 2. The molecule has 1 rings (SSSR count). The number of rotatable bonds is 9. The van der Waals surface area contributed by atoms with E-state index < -0.39 is 0 Å². The first-order chi connectivity index (χ1) is 9.67. The van der Waals surface area contributed by atoms with Crippen molar-refractivity contribution in [3.05, 3.63) is 16.0 Å². The molecule has 0 aliphatic carbocycles. The van der Waals surface area contributed by atoms with Crippen molar-refractivity contribution in [1.82, 2.24) is 9.97 Å². The lowest BCUT2D eigenvalue weighted by molar-refractivity contribution is 0.0534. The van der Waals surface area contributed by atoms with E-state index in [2.05, 4.69) is 47.0 Å². The van der Waals surface area contributed by atoms with E-state index in [1.54, 1.807) is 0 Å². The fraction of sp³-hybridized carbons (Fsp3) is 0.733. The van der Waals surface area contributed by atoms with Crippen molar-refractivity contribution in [2.75, 3.05) is 18.5 Å². The van der Waals surface area contributed by atoms with Gasteiger partial charge in [0, 0.05) is 13.2 Å². The summed E-state index contributed by atoms with van der Waals surface area (Å²) in [5, 5.41) is 3.37. The van der Waals surface area contributed by atoms with Crippen LogP contribution in [-0.4, -0.2) is 23.1 Å². The van der Waals surface area contributed by atoms with Gasteiger partial charge in [-0.1, -0.05) is 27.2 Å². The Hall–Kier alpha value is -0.680. The molecule has 0 aliphatic rings. The van der Waals surface area contributed by atoms with Crippen molar-refractivity contribution < 1.29 is 4.74 Å². The number of halogens is 1. The summed E-state index contributed by atoms with van der Waals surface area (Å²) in [5.74, 6) is 1.68. The molecule has 1 N–H and O–H groups in total. The van der Waals surface area contributed by atoms with Crippen molar-refractivity contribution in [2.24, 2.45) is 0 Å². The first-order valence-electron chi connectivity index (χ1n) is 7.59. The van der Waals surface area contributed by atoms with E-state index in [1.165, 1.54) is 0 Å². The Balaban J connectivity index is 3.12. The van der Waals surface area contributed by atoms with Crippen LogP contribution in [0.4, 0.5) is 5.82 Å². The first-order valence-corrected chi connectivity index (χ1v) is 8.38. The lowest BCUT2D eigenvalue weighted by Crippen LogP contribution is -2.13. The van der Waals surface area contributed by atoms with Gasteiger partial charge < -0.3 is 10.1 Å². The summed E-state index contributed by atoms with van der Waals surface area (Å²) in [4.78, 5) is 9.35. The topological polar surface area (TPSA) is 47.0 Å². The van der Waals surface area contributed by atoms with Gasteiger partial charge in [0.25, 0.3) is 0 Å². The summed E-state index contributed by atoms with van der Waals surface area (Å²) in [6.45, 7) is 10.00. The minimum Gasteiger partial charge on any atom is -0.371 e. The molecule has 0 fully saturated rings. The minimum atomic E-state index is -0.0223. The molecule has 20 heavy (non-hydrogen) atoms. The lowest BCUT2D eigenvalue weighted by Gasteiger charge is -2.17. The molecule has 0 aromatic carbocycles. The Kier molecular flexibility index (Phi) is 8.07. The van der Waals surface area contributed by atoms with Gasteiger partial charge in [-0.25, -0.2) is 9.97 Å². The molecular formula is C15H26BrN3O. The van der Waals surface area contributed by atoms with E-state index in [9.17, 15) is 0 Å². The summed E-state index contributed by atoms with van der Waals surface area (Å²) in [7, 11) is 0. The van der Waals surface area contributed by atoms with Crippen LogP contribution in [0.3, 0.4) is 0 Å². The van der Waals surface area contributed by atoms with E-state index in [0.29, 0.717) is 6.61 Å².